The molecule has 1 aromatic carbocycles. The number of likely N-dealkylation sites (N-methyl/N-ethyl adjacent to an activating group) is 1. The Balaban J connectivity index is 2.47. The van der Waals surface area contributed by atoms with Gasteiger partial charge >= 0.3 is 0 Å². The van der Waals surface area contributed by atoms with Crippen LogP contribution in [0.4, 0.5) is 0 Å². The maximum Gasteiger partial charge on any atom is 0.261 e. The lowest BCUT2D eigenvalue weighted by Crippen LogP contribution is -2.42. The molecule has 0 bridgehead atoms. The minimum Gasteiger partial charge on any atom is -0.493 e. The molecule has 0 radical (unpaired) electrons. The van der Waals surface area contributed by atoms with E-state index in [4.69, 9.17) is 9.47 Å². The standard InChI is InChI=1S/C19H25N3O5/c1-6-20-14(23)10-27-16-13(26-5)8-7-11-9-12(17(24)21-15(11)16)18(25)22-19(2,3)4/h7-9H,6,10H2,1-5H3,(H,20,23)(H,21,24)(H,22,25). The van der Waals surface area contributed by atoms with Crippen molar-refractivity contribution in [1.82, 2.24) is 15.6 Å². The minimum atomic E-state index is -0.555. The summed E-state index contributed by atoms with van der Waals surface area (Å²) in [7, 11) is 1.46. The molecule has 2 aromatic rings. The number of pyridine rings is 1. The van der Waals surface area contributed by atoms with Crippen LogP contribution in [0.25, 0.3) is 10.9 Å². The first-order valence-electron chi connectivity index (χ1n) is 8.62. The number of carbonyl (C=O) groups is 2. The number of benzene rings is 1. The van der Waals surface area contributed by atoms with Crippen LogP contribution in [-0.4, -0.2) is 42.6 Å². The maximum absolute atomic E-state index is 12.5. The van der Waals surface area contributed by atoms with Gasteiger partial charge in [0.15, 0.2) is 18.1 Å². The van der Waals surface area contributed by atoms with Gasteiger partial charge < -0.3 is 25.1 Å². The fraction of sp³-hybridized carbons (Fsp3) is 0.421. The summed E-state index contributed by atoms with van der Waals surface area (Å²) in [5, 5.41) is 5.98. The van der Waals surface area contributed by atoms with Crippen molar-refractivity contribution in [2.75, 3.05) is 20.3 Å². The van der Waals surface area contributed by atoms with E-state index in [2.05, 4.69) is 15.6 Å². The van der Waals surface area contributed by atoms with E-state index >= 15 is 0 Å². The molecule has 0 saturated carbocycles. The quantitative estimate of drug-likeness (QED) is 0.710. The first-order chi connectivity index (χ1) is 12.7. The van der Waals surface area contributed by atoms with E-state index in [1.54, 1.807) is 19.1 Å². The van der Waals surface area contributed by atoms with Crippen LogP contribution in [0.1, 0.15) is 38.1 Å². The lowest BCUT2D eigenvalue weighted by molar-refractivity contribution is -0.122. The monoisotopic (exact) mass is 375 g/mol. The smallest absolute Gasteiger partial charge is 0.261 e. The Morgan fingerprint density at radius 2 is 1.93 bits per heavy atom. The SMILES string of the molecule is CCNC(=O)COc1c(OC)ccc2cc(C(=O)NC(C)(C)C)c(=O)[nH]c12. The molecule has 0 aliphatic rings. The highest BCUT2D eigenvalue weighted by molar-refractivity contribution is 5.99. The van der Waals surface area contributed by atoms with Gasteiger partial charge in [-0.1, -0.05) is 0 Å². The van der Waals surface area contributed by atoms with Gasteiger partial charge in [-0.05, 0) is 45.9 Å². The number of aromatic amines is 1. The van der Waals surface area contributed by atoms with Gasteiger partial charge in [0.05, 0.1) is 12.6 Å². The molecule has 3 N–H and O–H groups in total. The average Bonchev–Trinajstić information content (AvgIpc) is 2.57. The molecule has 0 unspecified atom stereocenters. The Hall–Kier alpha value is -3.03. The summed E-state index contributed by atoms with van der Waals surface area (Å²) in [6.45, 7) is 7.56. The molecule has 27 heavy (non-hydrogen) atoms. The van der Waals surface area contributed by atoms with E-state index in [1.165, 1.54) is 13.2 Å². The predicted octanol–water partition coefficient (Wildman–Crippen LogP) is 1.58. The van der Waals surface area contributed by atoms with Crippen LogP contribution in [0.2, 0.25) is 0 Å². The molecule has 0 saturated heterocycles. The van der Waals surface area contributed by atoms with Crippen molar-refractivity contribution in [3.8, 4) is 11.5 Å². The van der Waals surface area contributed by atoms with Gasteiger partial charge in [-0.15, -0.1) is 0 Å². The van der Waals surface area contributed by atoms with Gasteiger partial charge in [-0.2, -0.15) is 0 Å². The lowest BCUT2D eigenvalue weighted by atomic mass is 10.1. The fourth-order valence-electron chi connectivity index (χ4n) is 2.50. The van der Waals surface area contributed by atoms with Gasteiger partial charge in [-0.3, -0.25) is 14.4 Å². The summed E-state index contributed by atoms with van der Waals surface area (Å²) < 4.78 is 10.9. The van der Waals surface area contributed by atoms with Gasteiger partial charge in [0.1, 0.15) is 5.56 Å². The molecule has 1 aromatic heterocycles. The summed E-state index contributed by atoms with van der Waals surface area (Å²) in [4.78, 5) is 39.2. The van der Waals surface area contributed by atoms with Crippen molar-refractivity contribution >= 4 is 22.7 Å². The number of carbonyl (C=O) groups excluding carboxylic acids is 2. The van der Waals surface area contributed by atoms with Crippen LogP contribution in [0.5, 0.6) is 11.5 Å². The molecular formula is C19H25N3O5. The Morgan fingerprint density at radius 1 is 1.22 bits per heavy atom. The highest BCUT2D eigenvalue weighted by Gasteiger charge is 2.20. The number of aromatic nitrogens is 1. The fourth-order valence-corrected chi connectivity index (χ4v) is 2.50. The van der Waals surface area contributed by atoms with Crippen molar-refractivity contribution < 1.29 is 19.1 Å². The molecular weight excluding hydrogens is 350 g/mol. The van der Waals surface area contributed by atoms with Crippen LogP contribution >= 0.6 is 0 Å². The third kappa shape index (κ3) is 4.99. The molecule has 1 heterocycles. The second kappa shape index (κ2) is 8.11. The zero-order valence-electron chi connectivity index (χ0n) is 16.2. The molecule has 2 rings (SSSR count). The first kappa shape index (κ1) is 20.3. The largest absolute Gasteiger partial charge is 0.493 e. The molecule has 0 fully saturated rings. The summed E-state index contributed by atoms with van der Waals surface area (Å²) in [5.74, 6) is -0.151. The minimum absolute atomic E-state index is 0.00253. The Kier molecular flexibility index (Phi) is 6.09. The molecule has 2 amide bonds. The molecule has 8 nitrogen and oxygen atoms in total. The van der Waals surface area contributed by atoms with Crippen molar-refractivity contribution in [3.05, 3.63) is 34.1 Å². The number of hydrogen-bond donors (Lipinski definition) is 3. The van der Waals surface area contributed by atoms with Gasteiger partial charge in [0.25, 0.3) is 17.4 Å². The van der Waals surface area contributed by atoms with Gasteiger partial charge in [0.2, 0.25) is 0 Å². The summed E-state index contributed by atoms with van der Waals surface area (Å²) in [6.07, 6.45) is 0. The van der Waals surface area contributed by atoms with Crippen LogP contribution in [-0.2, 0) is 4.79 Å². The van der Waals surface area contributed by atoms with E-state index in [9.17, 15) is 14.4 Å². The second-order valence-electron chi connectivity index (χ2n) is 7.02. The molecule has 0 spiro atoms. The van der Waals surface area contributed by atoms with Gasteiger partial charge in [0, 0.05) is 17.5 Å². The van der Waals surface area contributed by atoms with Gasteiger partial charge in [-0.25, -0.2) is 0 Å². The van der Waals surface area contributed by atoms with E-state index < -0.39 is 17.0 Å². The zero-order valence-corrected chi connectivity index (χ0v) is 16.2. The first-order valence-corrected chi connectivity index (χ1v) is 8.62. The van der Waals surface area contributed by atoms with Crippen molar-refractivity contribution in [1.29, 1.82) is 0 Å². The van der Waals surface area contributed by atoms with E-state index in [0.717, 1.165) is 0 Å². The summed E-state index contributed by atoms with van der Waals surface area (Å²) in [6, 6.07) is 4.85. The highest BCUT2D eigenvalue weighted by Crippen LogP contribution is 2.34. The third-order valence-corrected chi connectivity index (χ3v) is 3.61. The summed E-state index contributed by atoms with van der Waals surface area (Å²) >= 11 is 0. The number of ether oxygens (including phenoxy) is 2. The molecule has 8 heteroatoms. The summed E-state index contributed by atoms with van der Waals surface area (Å²) in [5.41, 5.74) is -0.673. The molecule has 0 atom stereocenters. The van der Waals surface area contributed by atoms with Crippen LogP contribution in [0.3, 0.4) is 0 Å². The van der Waals surface area contributed by atoms with Crippen molar-refractivity contribution in [3.63, 3.8) is 0 Å². The number of nitrogens with one attached hydrogen (secondary N) is 3. The Bertz CT molecular complexity index is 912. The number of hydrogen-bond acceptors (Lipinski definition) is 5. The maximum atomic E-state index is 12.5. The van der Waals surface area contributed by atoms with Crippen molar-refractivity contribution in [2.45, 2.75) is 33.2 Å². The van der Waals surface area contributed by atoms with E-state index in [-0.39, 0.29) is 23.8 Å². The van der Waals surface area contributed by atoms with Crippen molar-refractivity contribution in [2.24, 2.45) is 0 Å². The number of fused-ring (bicyclic) bond motifs is 1. The normalized spacial score (nSPS) is 11.1. The average molecular weight is 375 g/mol. The second-order valence-corrected chi connectivity index (χ2v) is 7.02. The van der Waals surface area contributed by atoms with E-state index in [0.29, 0.717) is 23.2 Å². The number of H-pyrrole nitrogens is 1. The predicted molar refractivity (Wildman–Crippen MR) is 103 cm³/mol. The zero-order chi connectivity index (χ0) is 20.2. The number of rotatable bonds is 6. The third-order valence-electron chi connectivity index (χ3n) is 3.61. The molecule has 0 aliphatic heterocycles. The van der Waals surface area contributed by atoms with Crippen LogP contribution in [0, 0.1) is 0 Å². The number of methoxy groups -OCH3 is 1. The number of amides is 2. The Labute approximate surface area is 157 Å². The van der Waals surface area contributed by atoms with Crippen LogP contribution < -0.4 is 25.7 Å². The van der Waals surface area contributed by atoms with Crippen LogP contribution in [0.15, 0.2) is 23.0 Å². The molecule has 0 aliphatic carbocycles. The van der Waals surface area contributed by atoms with E-state index in [1.807, 2.05) is 20.8 Å². The Morgan fingerprint density at radius 3 is 2.52 bits per heavy atom. The molecule has 146 valence electrons. The highest BCUT2D eigenvalue weighted by atomic mass is 16.5. The lowest BCUT2D eigenvalue weighted by Gasteiger charge is -2.20. The topological polar surface area (TPSA) is 110 Å².